The zero-order chi connectivity index (χ0) is 12.0. The number of rotatable bonds is 6. The Labute approximate surface area is 97.4 Å². The molecule has 2 unspecified atom stereocenters. The summed E-state index contributed by atoms with van der Waals surface area (Å²) in [6.45, 7) is 5.41. The summed E-state index contributed by atoms with van der Waals surface area (Å²) in [5.41, 5.74) is -0.627. The average molecular weight is 229 g/mol. The summed E-state index contributed by atoms with van der Waals surface area (Å²) >= 11 is 0. The predicted molar refractivity (Wildman–Crippen MR) is 62.1 cm³/mol. The SMILES string of the molecule is CCC(CCO)CNC(=O)C1(C)CCCO1. The van der Waals surface area contributed by atoms with E-state index in [1.54, 1.807) is 0 Å². The van der Waals surface area contributed by atoms with E-state index in [1.165, 1.54) is 0 Å². The van der Waals surface area contributed by atoms with Crippen LogP contribution in [0.1, 0.15) is 39.5 Å². The van der Waals surface area contributed by atoms with Crippen LogP contribution in [-0.4, -0.2) is 36.4 Å². The minimum absolute atomic E-state index is 0.0126. The van der Waals surface area contributed by atoms with E-state index in [9.17, 15) is 4.79 Å². The second-order valence-electron chi connectivity index (χ2n) is 4.68. The van der Waals surface area contributed by atoms with E-state index in [0.717, 1.165) is 25.7 Å². The molecule has 1 aliphatic rings. The second kappa shape index (κ2) is 6.21. The zero-order valence-electron chi connectivity index (χ0n) is 10.3. The first-order chi connectivity index (χ1) is 7.62. The predicted octanol–water partition coefficient (Wildman–Crippen LogP) is 1.08. The lowest BCUT2D eigenvalue weighted by atomic mass is 10.00. The van der Waals surface area contributed by atoms with Crippen molar-refractivity contribution in [2.75, 3.05) is 19.8 Å². The van der Waals surface area contributed by atoms with Crippen molar-refractivity contribution in [3.8, 4) is 0 Å². The smallest absolute Gasteiger partial charge is 0.251 e. The summed E-state index contributed by atoms with van der Waals surface area (Å²) in [4.78, 5) is 11.9. The molecular formula is C12H23NO3. The van der Waals surface area contributed by atoms with Crippen molar-refractivity contribution in [1.29, 1.82) is 0 Å². The highest BCUT2D eigenvalue weighted by molar-refractivity contribution is 5.84. The number of aliphatic hydroxyl groups excluding tert-OH is 1. The molecule has 94 valence electrons. The summed E-state index contributed by atoms with van der Waals surface area (Å²) in [5.74, 6) is 0.348. The van der Waals surface area contributed by atoms with Crippen LogP contribution in [0, 0.1) is 5.92 Å². The fourth-order valence-electron chi connectivity index (χ4n) is 2.02. The van der Waals surface area contributed by atoms with Crippen molar-refractivity contribution in [1.82, 2.24) is 5.32 Å². The molecule has 0 aromatic heterocycles. The normalized spacial score (nSPS) is 26.7. The van der Waals surface area contributed by atoms with E-state index in [-0.39, 0.29) is 12.5 Å². The molecule has 4 heteroatoms. The molecule has 0 radical (unpaired) electrons. The lowest BCUT2D eigenvalue weighted by Gasteiger charge is -2.23. The molecule has 1 rings (SSSR count). The monoisotopic (exact) mass is 229 g/mol. The third-order valence-corrected chi connectivity index (χ3v) is 3.37. The Kier molecular flexibility index (Phi) is 5.22. The maximum absolute atomic E-state index is 11.9. The fraction of sp³-hybridized carbons (Fsp3) is 0.917. The van der Waals surface area contributed by atoms with Gasteiger partial charge >= 0.3 is 0 Å². The third-order valence-electron chi connectivity index (χ3n) is 3.37. The van der Waals surface area contributed by atoms with E-state index in [0.29, 0.717) is 19.1 Å². The first-order valence-electron chi connectivity index (χ1n) is 6.15. The molecule has 2 atom stereocenters. The number of carbonyl (C=O) groups excluding carboxylic acids is 1. The van der Waals surface area contributed by atoms with Gasteiger partial charge in [0.15, 0.2) is 0 Å². The van der Waals surface area contributed by atoms with Gasteiger partial charge < -0.3 is 15.2 Å². The van der Waals surface area contributed by atoms with Crippen LogP contribution in [0.4, 0.5) is 0 Å². The highest BCUT2D eigenvalue weighted by Crippen LogP contribution is 2.25. The van der Waals surface area contributed by atoms with Gasteiger partial charge in [0.05, 0.1) is 0 Å². The Morgan fingerprint density at radius 3 is 2.88 bits per heavy atom. The van der Waals surface area contributed by atoms with Crippen LogP contribution in [0.2, 0.25) is 0 Å². The average Bonchev–Trinajstić information content (AvgIpc) is 2.72. The molecule has 16 heavy (non-hydrogen) atoms. The van der Waals surface area contributed by atoms with Gasteiger partial charge in [0.2, 0.25) is 0 Å². The van der Waals surface area contributed by atoms with Crippen molar-refractivity contribution < 1.29 is 14.6 Å². The summed E-state index contributed by atoms with van der Waals surface area (Å²) < 4.78 is 5.47. The first kappa shape index (κ1) is 13.5. The van der Waals surface area contributed by atoms with E-state index < -0.39 is 5.60 Å². The number of hydrogen-bond acceptors (Lipinski definition) is 3. The molecule has 2 N–H and O–H groups in total. The lowest BCUT2D eigenvalue weighted by Crippen LogP contribution is -2.45. The van der Waals surface area contributed by atoms with Gasteiger partial charge in [-0.05, 0) is 32.1 Å². The number of carbonyl (C=O) groups is 1. The highest BCUT2D eigenvalue weighted by atomic mass is 16.5. The fourth-order valence-corrected chi connectivity index (χ4v) is 2.02. The van der Waals surface area contributed by atoms with Gasteiger partial charge in [-0.1, -0.05) is 13.3 Å². The van der Waals surface area contributed by atoms with Gasteiger partial charge in [-0.15, -0.1) is 0 Å². The van der Waals surface area contributed by atoms with Crippen LogP contribution in [0.15, 0.2) is 0 Å². The molecule has 1 amide bonds. The number of aliphatic hydroxyl groups is 1. The Balaban J connectivity index is 2.33. The van der Waals surface area contributed by atoms with Crippen molar-refractivity contribution in [3.63, 3.8) is 0 Å². The van der Waals surface area contributed by atoms with Gasteiger partial charge in [-0.3, -0.25) is 4.79 Å². The number of ether oxygens (including phenoxy) is 1. The molecule has 0 aliphatic carbocycles. The van der Waals surface area contributed by atoms with Crippen molar-refractivity contribution in [2.45, 2.75) is 45.1 Å². The minimum Gasteiger partial charge on any atom is -0.396 e. The largest absolute Gasteiger partial charge is 0.396 e. The molecule has 1 fully saturated rings. The number of hydrogen-bond donors (Lipinski definition) is 2. The molecule has 1 saturated heterocycles. The van der Waals surface area contributed by atoms with Gasteiger partial charge in [0.25, 0.3) is 5.91 Å². The Morgan fingerprint density at radius 2 is 2.38 bits per heavy atom. The van der Waals surface area contributed by atoms with Crippen LogP contribution in [0.5, 0.6) is 0 Å². The Bertz CT molecular complexity index is 224. The van der Waals surface area contributed by atoms with Gasteiger partial charge in [0.1, 0.15) is 5.60 Å². The number of nitrogens with one attached hydrogen (secondary N) is 1. The molecule has 4 nitrogen and oxygen atoms in total. The maximum atomic E-state index is 11.9. The molecular weight excluding hydrogens is 206 g/mol. The van der Waals surface area contributed by atoms with Crippen LogP contribution >= 0.6 is 0 Å². The van der Waals surface area contributed by atoms with E-state index in [2.05, 4.69) is 12.2 Å². The molecule has 0 saturated carbocycles. The standard InChI is InChI=1S/C12H23NO3/c1-3-10(5-7-14)9-13-11(15)12(2)6-4-8-16-12/h10,14H,3-9H2,1-2H3,(H,13,15). The Hall–Kier alpha value is -0.610. The van der Waals surface area contributed by atoms with E-state index in [1.807, 2.05) is 6.92 Å². The minimum atomic E-state index is -0.627. The lowest BCUT2D eigenvalue weighted by molar-refractivity contribution is -0.139. The van der Waals surface area contributed by atoms with Gasteiger partial charge in [-0.25, -0.2) is 0 Å². The summed E-state index contributed by atoms with van der Waals surface area (Å²) in [5, 5.41) is 11.8. The van der Waals surface area contributed by atoms with Crippen LogP contribution in [0.25, 0.3) is 0 Å². The van der Waals surface area contributed by atoms with Crippen LogP contribution in [0.3, 0.4) is 0 Å². The first-order valence-corrected chi connectivity index (χ1v) is 6.15. The van der Waals surface area contributed by atoms with Crippen molar-refractivity contribution in [2.24, 2.45) is 5.92 Å². The third kappa shape index (κ3) is 3.46. The highest BCUT2D eigenvalue weighted by Gasteiger charge is 2.37. The van der Waals surface area contributed by atoms with Gasteiger partial charge in [-0.2, -0.15) is 0 Å². The molecule has 1 heterocycles. The molecule has 0 bridgehead atoms. The van der Waals surface area contributed by atoms with Crippen LogP contribution < -0.4 is 5.32 Å². The van der Waals surface area contributed by atoms with Gasteiger partial charge in [0, 0.05) is 19.8 Å². The van der Waals surface area contributed by atoms with Crippen LogP contribution in [-0.2, 0) is 9.53 Å². The summed E-state index contributed by atoms with van der Waals surface area (Å²) in [7, 11) is 0. The van der Waals surface area contributed by atoms with Crippen molar-refractivity contribution in [3.05, 3.63) is 0 Å². The van der Waals surface area contributed by atoms with E-state index >= 15 is 0 Å². The molecule has 0 spiro atoms. The summed E-state index contributed by atoms with van der Waals surface area (Å²) in [6.07, 6.45) is 3.47. The number of amides is 1. The molecule has 0 aromatic carbocycles. The quantitative estimate of drug-likeness (QED) is 0.716. The molecule has 0 aromatic rings. The van der Waals surface area contributed by atoms with E-state index in [4.69, 9.17) is 9.84 Å². The molecule has 1 aliphatic heterocycles. The Morgan fingerprint density at radius 1 is 1.62 bits per heavy atom. The topological polar surface area (TPSA) is 58.6 Å². The van der Waals surface area contributed by atoms with Crippen molar-refractivity contribution >= 4 is 5.91 Å². The maximum Gasteiger partial charge on any atom is 0.251 e. The summed E-state index contributed by atoms with van der Waals surface area (Å²) in [6, 6.07) is 0. The zero-order valence-corrected chi connectivity index (χ0v) is 10.3. The second-order valence-corrected chi connectivity index (χ2v) is 4.68.